The molecule has 0 spiro atoms. The predicted octanol–water partition coefficient (Wildman–Crippen LogP) is 3.62. The van der Waals surface area contributed by atoms with Crippen LogP contribution in [-0.2, 0) is 9.59 Å². The molecule has 1 aliphatic heterocycles. The van der Waals surface area contributed by atoms with E-state index in [2.05, 4.69) is 10.6 Å². The van der Waals surface area contributed by atoms with Crippen LogP contribution in [0, 0.1) is 13.8 Å². The van der Waals surface area contributed by atoms with Gasteiger partial charge in [-0.2, -0.15) is 0 Å². The lowest BCUT2D eigenvalue weighted by atomic mass is 9.99. The topological polar surface area (TPSA) is 84.5 Å². The van der Waals surface area contributed by atoms with Crippen molar-refractivity contribution >= 4 is 29.0 Å². The second-order valence-corrected chi connectivity index (χ2v) is 6.75. The number of ketones is 1. The SMILES string of the molecule is Cc1ccc(C)c(C(=O)CCC(=O)Nc2ccc3c(c2)NC(=O)[C@@H](C)O3)c1. The van der Waals surface area contributed by atoms with Crippen molar-refractivity contribution in [2.75, 3.05) is 10.6 Å². The quantitative estimate of drug-likeness (QED) is 0.792. The van der Waals surface area contributed by atoms with E-state index in [4.69, 9.17) is 4.74 Å². The van der Waals surface area contributed by atoms with Crippen molar-refractivity contribution in [1.29, 1.82) is 0 Å². The lowest BCUT2D eigenvalue weighted by Crippen LogP contribution is -2.34. The van der Waals surface area contributed by atoms with Crippen LogP contribution in [0.1, 0.15) is 41.3 Å². The molecular formula is C21H22N2O4. The van der Waals surface area contributed by atoms with Crippen LogP contribution < -0.4 is 15.4 Å². The molecule has 3 rings (SSSR count). The monoisotopic (exact) mass is 366 g/mol. The zero-order valence-electron chi connectivity index (χ0n) is 15.6. The Morgan fingerprint density at radius 1 is 1.11 bits per heavy atom. The number of Topliss-reactive ketones (excluding diaryl/α,β-unsaturated/α-hetero) is 1. The Kier molecular flexibility index (Phi) is 5.26. The maximum Gasteiger partial charge on any atom is 0.265 e. The van der Waals surface area contributed by atoms with Crippen LogP contribution in [0.4, 0.5) is 11.4 Å². The van der Waals surface area contributed by atoms with Gasteiger partial charge in [0.2, 0.25) is 5.91 Å². The minimum absolute atomic E-state index is 0.0496. The number of hydrogen-bond acceptors (Lipinski definition) is 4. The van der Waals surface area contributed by atoms with Crippen LogP contribution in [0.3, 0.4) is 0 Å². The van der Waals surface area contributed by atoms with E-state index in [0.717, 1.165) is 11.1 Å². The lowest BCUT2D eigenvalue weighted by molar-refractivity contribution is -0.122. The van der Waals surface area contributed by atoms with Gasteiger partial charge < -0.3 is 15.4 Å². The summed E-state index contributed by atoms with van der Waals surface area (Å²) in [7, 11) is 0. The smallest absolute Gasteiger partial charge is 0.265 e. The molecule has 1 heterocycles. The molecule has 0 fully saturated rings. The molecule has 2 N–H and O–H groups in total. The fourth-order valence-electron chi connectivity index (χ4n) is 2.91. The number of fused-ring (bicyclic) bond motifs is 1. The van der Waals surface area contributed by atoms with E-state index in [0.29, 0.717) is 22.7 Å². The van der Waals surface area contributed by atoms with Gasteiger partial charge in [0.25, 0.3) is 5.91 Å². The molecule has 0 saturated carbocycles. The highest BCUT2D eigenvalue weighted by molar-refractivity contribution is 6.02. The number of carbonyl (C=O) groups is 3. The average molecular weight is 366 g/mol. The Morgan fingerprint density at radius 3 is 2.67 bits per heavy atom. The summed E-state index contributed by atoms with van der Waals surface area (Å²) in [5.41, 5.74) is 3.64. The van der Waals surface area contributed by atoms with Gasteiger partial charge in [-0.05, 0) is 50.6 Å². The van der Waals surface area contributed by atoms with Crippen LogP contribution in [0.25, 0.3) is 0 Å². The molecule has 2 aromatic rings. The molecule has 6 nitrogen and oxygen atoms in total. The minimum Gasteiger partial charge on any atom is -0.479 e. The molecule has 1 atom stereocenters. The third kappa shape index (κ3) is 4.34. The van der Waals surface area contributed by atoms with Crippen molar-refractivity contribution in [3.63, 3.8) is 0 Å². The number of carbonyl (C=O) groups excluding carboxylic acids is 3. The fraction of sp³-hybridized carbons (Fsp3) is 0.286. The molecule has 27 heavy (non-hydrogen) atoms. The summed E-state index contributed by atoms with van der Waals surface area (Å²) in [6, 6.07) is 10.8. The van der Waals surface area contributed by atoms with E-state index >= 15 is 0 Å². The number of benzene rings is 2. The summed E-state index contributed by atoms with van der Waals surface area (Å²) < 4.78 is 5.48. The highest BCUT2D eigenvalue weighted by atomic mass is 16.5. The lowest BCUT2D eigenvalue weighted by Gasteiger charge is -2.23. The predicted molar refractivity (Wildman–Crippen MR) is 103 cm³/mol. The molecule has 0 radical (unpaired) electrons. The minimum atomic E-state index is -0.547. The Morgan fingerprint density at radius 2 is 1.89 bits per heavy atom. The molecule has 0 saturated heterocycles. The molecule has 6 heteroatoms. The standard InChI is InChI=1S/C21H22N2O4/c1-12-4-5-13(2)16(10-12)18(24)7-9-20(25)22-15-6-8-19-17(11-15)23-21(26)14(3)27-19/h4-6,8,10-11,14H,7,9H2,1-3H3,(H,22,25)(H,23,26)/t14-/m1/s1. The van der Waals surface area contributed by atoms with Crippen molar-refractivity contribution in [2.24, 2.45) is 0 Å². The second kappa shape index (κ2) is 7.61. The van der Waals surface area contributed by atoms with Crippen LogP contribution in [-0.4, -0.2) is 23.7 Å². The van der Waals surface area contributed by atoms with Crippen molar-refractivity contribution in [3.8, 4) is 5.75 Å². The first kappa shape index (κ1) is 18.6. The molecule has 1 aliphatic rings. The molecule has 0 bridgehead atoms. The van der Waals surface area contributed by atoms with Crippen LogP contribution in [0.2, 0.25) is 0 Å². The van der Waals surface area contributed by atoms with Crippen LogP contribution in [0.5, 0.6) is 5.75 Å². The van der Waals surface area contributed by atoms with Gasteiger partial charge in [0.15, 0.2) is 11.9 Å². The molecular weight excluding hydrogens is 344 g/mol. The van der Waals surface area contributed by atoms with Gasteiger partial charge in [-0.15, -0.1) is 0 Å². The molecule has 140 valence electrons. The first-order chi connectivity index (χ1) is 12.8. The maximum absolute atomic E-state index is 12.4. The second-order valence-electron chi connectivity index (χ2n) is 6.75. The summed E-state index contributed by atoms with van der Waals surface area (Å²) in [6.45, 7) is 5.49. The molecule has 2 amide bonds. The van der Waals surface area contributed by atoms with E-state index in [9.17, 15) is 14.4 Å². The number of nitrogens with one attached hydrogen (secondary N) is 2. The van der Waals surface area contributed by atoms with E-state index in [1.165, 1.54) is 0 Å². The van der Waals surface area contributed by atoms with E-state index in [1.807, 2.05) is 32.0 Å². The highest BCUT2D eigenvalue weighted by Gasteiger charge is 2.23. The highest BCUT2D eigenvalue weighted by Crippen LogP contribution is 2.32. The zero-order chi connectivity index (χ0) is 19.6. The van der Waals surface area contributed by atoms with Crippen LogP contribution in [0.15, 0.2) is 36.4 Å². The number of amides is 2. The third-order valence-corrected chi connectivity index (χ3v) is 4.47. The molecule has 0 aliphatic carbocycles. The molecule has 0 aromatic heterocycles. The Bertz CT molecular complexity index is 920. The van der Waals surface area contributed by atoms with Gasteiger partial charge >= 0.3 is 0 Å². The fourth-order valence-corrected chi connectivity index (χ4v) is 2.91. The summed E-state index contributed by atoms with van der Waals surface area (Å²) in [5, 5.41) is 5.49. The number of hydrogen-bond donors (Lipinski definition) is 2. The van der Waals surface area contributed by atoms with Crippen molar-refractivity contribution in [2.45, 2.75) is 39.7 Å². The van der Waals surface area contributed by atoms with Gasteiger partial charge in [0.05, 0.1) is 5.69 Å². The maximum atomic E-state index is 12.4. The zero-order valence-corrected chi connectivity index (χ0v) is 15.6. The van der Waals surface area contributed by atoms with Gasteiger partial charge in [0.1, 0.15) is 5.75 Å². The van der Waals surface area contributed by atoms with E-state index in [-0.39, 0.29) is 30.4 Å². The number of aryl methyl sites for hydroxylation is 2. The number of anilines is 2. The first-order valence-corrected chi connectivity index (χ1v) is 8.85. The van der Waals surface area contributed by atoms with Crippen LogP contribution >= 0.6 is 0 Å². The normalized spacial score (nSPS) is 15.4. The Labute approximate surface area is 157 Å². The summed E-state index contributed by atoms with van der Waals surface area (Å²) >= 11 is 0. The third-order valence-electron chi connectivity index (χ3n) is 4.47. The Balaban J connectivity index is 1.60. The first-order valence-electron chi connectivity index (χ1n) is 8.85. The van der Waals surface area contributed by atoms with Gasteiger partial charge in [0, 0.05) is 24.1 Å². The van der Waals surface area contributed by atoms with Gasteiger partial charge in [-0.3, -0.25) is 14.4 Å². The number of rotatable bonds is 5. The van der Waals surface area contributed by atoms with Gasteiger partial charge in [-0.25, -0.2) is 0 Å². The van der Waals surface area contributed by atoms with E-state index < -0.39 is 6.10 Å². The summed E-state index contributed by atoms with van der Waals surface area (Å²) in [4.78, 5) is 36.3. The van der Waals surface area contributed by atoms with Gasteiger partial charge in [-0.1, -0.05) is 17.7 Å². The molecule has 0 unspecified atom stereocenters. The van der Waals surface area contributed by atoms with Crippen molar-refractivity contribution < 1.29 is 19.1 Å². The average Bonchev–Trinajstić information content (AvgIpc) is 2.63. The molecule has 2 aromatic carbocycles. The number of ether oxygens (including phenoxy) is 1. The summed E-state index contributed by atoms with van der Waals surface area (Å²) in [6.07, 6.45) is -0.323. The summed E-state index contributed by atoms with van der Waals surface area (Å²) in [5.74, 6) is 0.0202. The van der Waals surface area contributed by atoms with E-state index in [1.54, 1.807) is 25.1 Å². The largest absolute Gasteiger partial charge is 0.479 e. The van der Waals surface area contributed by atoms with Crippen molar-refractivity contribution in [3.05, 3.63) is 53.1 Å². The van der Waals surface area contributed by atoms with Crippen molar-refractivity contribution in [1.82, 2.24) is 0 Å². The Hall–Kier alpha value is -3.15.